The number of furan rings is 1. The zero-order valence-electron chi connectivity index (χ0n) is 21.5. The number of benzene rings is 1. The molecule has 7 nitrogen and oxygen atoms in total. The van der Waals surface area contributed by atoms with E-state index in [9.17, 15) is 4.79 Å². The zero-order valence-corrected chi connectivity index (χ0v) is 22.3. The fraction of sp³-hybridized carbons (Fsp3) is 0.276. The van der Waals surface area contributed by atoms with Gasteiger partial charge in [-0.2, -0.15) is 0 Å². The predicted octanol–water partition coefficient (Wildman–Crippen LogP) is 5.98. The van der Waals surface area contributed by atoms with Gasteiger partial charge in [-0.1, -0.05) is 13.0 Å². The van der Waals surface area contributed by atoms with Crippen LogP contribution >= 0.6 is 12.2 Å². The quantitative estimate of drug-likeness (QED) is 0.296. The maximum atomic E-state index is 12.0. The Morgan fingerprint density at radius 1 is 1.14 bits per heavy atom. The van der Waals surface area contributed by atoms with Gasteiger partial charge in [-0.3, -0.25) is 9.78 Å². The number of aromatic nitrogens is 2. The van der Waals surface area contributed by atoms with Crippen molar-refractivity contribution in [1.82, 2.24) is 14.9 Å². The summed E-state index contributed by atoms with van der Waals surface area (Å²) in [4.78, 5) is 18.8. The van der Waals surface area contributed by atoms with E-state index in [1.807, 2.05) is 62.5 Å². The number of carbonyl (C=O) groups excluding carboxylic acids is 1. The summed E-state index contributed by atoms with van der Waals surface area (Å²) >= 11 is 5.91. The number of carbonyl (C=O) groups is 1. The fourth-order valence-corrected chi connectivity index (χ4v) is 5.40. The number of rotatable bonds is 7. The molecule has 0 aliphatic carbocycles. The second-order valence-corrected chi connectivity index (χ2v) is 9.78. The molecular formula is C29H31N5O2S. The Labute approximate surface area is 222 Å². The second kappa shape index (κ2) is 10.2. The Hall–Kier alpha value is -3.91. The van der Waals surface area contributed by atoms with Gasteiger partial charge < -0.3 is 24.5 Å². The van der Waals surface area contributed by atoms with Gasteiger partial charge >= 0.3 is 0 Å². The zero-order chi connectivity index (χ0) is 26.1. The van der Waals surface area contributed by atoms with Crippen molar-refractivity contribution < 1.29 is 9.21 Å². The number of pyridine rings is 1. The molecule has 0 unspecified atom stereocenters. The Morgan fingerprint density at radius 2 is 1.97 bits per heavy atom. The number of aryl methyl sites for hydroxylation is 2. The SMILES string of the molecule is CCC(=O)Nc1ccc(N2C(=S)N[C@H](c3ccccn3)[C@@H]2c2cc(C)n(Cc3ccco3)c2C)cc1C. The molecule has 190 valence electrons. The largest absolute Gasteiger partial charge is 0.467 e. The molecule has 0 bridgehead atoms. The van der Waals surface area contributed by atoms with Crippen LogP contribution in [0.25, 0.3) is 0 Å². The van der Waals surface area contributed by atoms with Gasteiger partial charge in [0, 0.05) is 35.4 Å². The highest BCUT2D eigenvalue weighted by Gasteiger charge is 2.42. The molecule has 1 amide bonds. The lowest BCUT2D eigenvalue weighted by atomic mass is 9.96. The van der Waals surface area contributed by atoms with Crippen molar-refractivity contribution in [2.24, 2.45) is 0 Å². The first-order chi connectivity index (χ1) is 17.9. The average Bonchev–Trinajstić information content (AvgIpc) is 3.60. The normalized spacial score (nSPS) is 17.2. The van der Waals surface area contributed by atoms with Crippen LogP contribution in [0.4, 0.5) is 11.4 Å². The monoisotopic (exact) mass is 513 g/mol. The molecule has 0 spiro atoms. The van der Waals surface area contributed by atoms with E-state index in [1.54, 1.807) is 6.26 Å². The standard InChI is InChI=1S/C29H31N5O2S/c1-5-26(35)31-24-12-11-21(15-18(24)2)34-28(27(32-29(34)37)25-10-6-7-13-30-25)23-16-19(3)33(20(23)4)17-22-9-8-14-36-22/h6-16,27-28H,5,17H2,1-4H3,(H,31,35)(H,32,37)/t27-,28+/m1/s1. The Morgan fingerprint density at radius 3 is 2.65 bits per heavy atom. The van der Waals surface area contributed by atoms with Gasteiger partial charge in [-0.05, 0) is 92.6 Å². The summed E-state index contributed by atoms with van der Waals surface area (Å²) in [5.74, 6) is 0.901. The summed E-state index contributed by atoms with van der Waals surface area (Å²) in [6.45, 7) is 8.78. The minimum absolute atomic E-state index is 0.00806. The number of nitrogens with one attached hydrogen (secondary N) is 2. The summed E-state index contributed by atoms with van der Waals surface area (Å²) in [5.41, 5.74) is 7.15. The first-order valence-electron chi connectivity index (χ1n) is 12.5. The van der Waals surface area contributed by atoms with Crippen molar-refractivity contribution in [2.75, 3.05) is 10.2 Å². The molecule has 37 heavy (non-hydrogen) atoms. The van der Waals surface area contributed by atoms with Crippen LogP contribution in [-0.4, -0.2) is 20.6 Å². The Balaban J connectivity index is 1.59. The van der Waals surface area contributed by atoms with E-state index in [2.05, 4.69) is 51.1 Å². The van der Waals surface area contributed by atoms with E-state index >= 15 is 0 Å². The van der Waals surface area contributed by atoms with Crippen LogP contribution in [0.2, 0.25) is 0 Å². The third-order valence-electron chi connectivity index (χ3n) is 7.01. The summed E-state index contributed by atoms with van der Waals surface area (Å²) in [5, 5.41) is 7.16. The van der Waals surface area contributed by atoms with Gasteiger partial charge in [-0.15, -0.1) is 0 Å². The topological polar surface area (TPSA) is 75.3 Å². The van der Waals surface area contributed by atoms with Crippen LogP contribution in [-0.2, 0) is 11.3 Å². The molecule has 0 saturated carbocycles. The van der Waals surface area contributed by atoms with Crippen molar-refractivity contribution in [3.05, 3.63) is 101 Å². The van der Waals surface area contributed by atoms with E-state index in [4.69, 9.17) is 16.6 Å². The lowest BCUT2D eigenvalue weighted by molar-refractivity contribution is -0.115. The highest BCUT2D eigenvalue weighted by atomic mass is 32.1. The van der Waals surface area contributed by atoms with Gasteiger partial charge in [0.05, 0.1) is 30.6 Å². The molecule has 1 aliphatic rings. The van der Waals surface area contributed by atoms with Crippen LogP contribution in [0.3, 0.4) is 0 Å². The first-order valence-corrected chi connectivity index (χ1v) is 12.9. The molecule has 1 aliphatic heterocycles. The summed E-state index contributed by atoms with van der Waals surface area (Å²) < 4.78 is 7.91. The predicted molar refractivity (Wildman–Crippen MR) is 150 cm³/mol. The second-order valence-electron chi connectivity index (χ2n) is 9.39. The molecular weight excluding hydrogens is 482 g/mol. The van der Waals surface area contributed by atoms with Crippen LogP contribution in [0.5, 0.6) is 0 Å². The summed E-state index contributed by atoms with van der Waals surface area (Å²) in [6.07, 6.45) is 3.95. The molecule has 1 aromatic carbocycles. The summed E-state index contributed by atoms with van der Waals surface area (Å²) in [7, 11) is 0. The third kappa shape index (κ3) is 4.76. The molecule has 2 N–H and O–H groups in total. The molecule has 4 aromatic rings. The number of nitrogens with zero attached hydrogens (tertiary/aromatic N) is 3. The van der Waals surface area contributed by atoms with Gasteiger partial charge in [0.2, 0.25) is 5.91 Å². The van der Waals surface area contributed by atoms with E-state index in [0.29, 0.717) is 18.1 Å². The highest BCUT2D eigenvalue weighted by Crippen LogP contribution is 2.44. The first kappa shape index (κ1) is 24.8. The van der Waals surface area contributed by atoms with Crippen LogP contribution in [0.15, 0.2) is 71.5 Å². The number of anilines is 2. The molecule has 0 radical (unpaired) electrons. The molecule has 4 heterocycles. The van der Waals surface area contributed by atoms with Crippen molar-refractivity contribution in [3.8, 4) is 0 Å². The average molecular weight is 514 g/mol. The van der Waals surface area contributed by atoms with Crippen molar-refractivity contribution in [2.45, 2.75) is 52.7 Å². The number of thiocarbonyl (C=S) groups is 1. The van der Waals surface area contributed by atoms with E-state index < -0.39 is 0 Å². The van der Waals surface area contributed by atoms with Gasteiger partial charge in [0.25, 0.3) is 0 Å². The number of hydrogen-bond donors (Lipinski definition) is 2. The molecule has 1 saturated heterocycles. The molecule has 3 aromatic heterocycles. The number of amides is 1. The fourth-order valence-electron chi connectivity index (χ4n) is 5.05. The van der Waals surface area contributed by atoms with Crippen molar-refractivity contribution in [1.29, 1.82) is 0 Å². The Bertz CT molecular complexity index is 1430. The molecule has 5 rings (SSSR count). The minimum atomic E-state index is -0.133. The van der Waals surface area contributed by atoms with Crippen molar-refractivity contribution in [3.63, 3.8) is 0 Å². The van der Waals surface area contributed by atoms with Gasteiger partial charge in [0.15, 0.2) is 5.11 Å². The maximum Gasteiger partial charge on any atom is 0.224 e. The van der Waals surface area contributed by atoms with Crippen molar-refractivity contribution >= 4 is 34.6 Å². The Kier molecular flexibility index (Phi) is 6.84. The third-order valence-corrected chi connectivity index (χ3v) is 7.32. The van der Waals surface area contributed by atoms with Gasteiger partial charge in [-0.25, -0.2) is 0 Å². The lowest BCUT2D eigenvalue weighted by Crippen LogP contribution is -2.29. The molecule has 1 fully saturated rings. The van der Waals surface area contributed by atoms with Crippen LogP contribution in [0.1, 0.15) is 59.4 Å². The lowest BCUT2D eigenvalue weighted by Gasteiger charge is -2.29. The van der Waals surface area contributed by atoms with Crippen LogP contribution < -0.4 is 15.5 Å². The molecule has 2 atom stereocenters. The van der Waals surface area contributed by atoms with Gasteiger partial charge in [0.1, 0.15) is 5.76 Å². The summed E-state index contributed by atoms with van der Waals surface area (Å²) in [6, 6.07) is 17.9. The maximum absolute atomic E-state index is 12.0. The smallest absolute Gasteiger partial charge is 0.224 e. The number of hydrogen-bond acceptors (Lipinski definition) is 4. The van der Waals surface area contributed by atoms with E-state index in [-0.39, 0.29) is 18.0 Å². The minimum Gasteiger partial charge on any atom is -0.467 e. The molecule has 8 heteroatoms. The van der Waals surface area contributed by atoms with E-state index in [0.717, 1.165) is 39.8 Å². The highest BCUT2D eigenvalue weighted by molar-refractivity contribution is 7.80. The van der Waals surface area contributed by atoms with Crippen LogP contribution in [0, 0.1) is 20.8 Å². The van der Waals surface area contributed by atoms with E-state index in [1.165, 1.54) is 5.56 Å².